The Labute approximate surface area is 111 Å². The second-order valence-electron chi connectivity index (χ2n) is 5.75. The van der Waals surface area contributed by atoms with Gasteiger partial charge in [-0.1, -0.05) is 13.8 Å². The number of rotatable bonds is 8. The minimum absolute atomic E-state index is 0.570. The van der Waals surface area contributed by atoms with Crippen molar-refractivity contribution in [1.29, 1.82) is 0 Å². The van der Waals surface area contributed by atoms with Crippen molar-refractivity contribution in [3.63, 3.8) is 0 Å². The summed E-state index contributed by atoms with van der Waals surface area (Å²) in [5, 5.41) is 3.65. The number of aromatic nitrogens is 2. The van der Waals surface area contributed by atoms with Crippen LogP contribution in [0.2, 0.25) is 0 Å². The quantitative estimate of drug-likeness (QED) is 0.761. The fourth-order valence-electron chi connectivity index (χ4n) is 2.26. The van der Waals surface area contributed by atoms with Gasteiger partial charge in [0.05, 0.1) is 0 Å². The minimum Gasteiger partial charge on any atom is -0.338 e. The van der Waals surface area contributed by atoms with Crippen LogP contribution in [0.3, 0.4) is 0 Å². The largest absolute Gasteiger partial charge is 0.338 e. The third-order valence-electron chi connectivity index (χ3n) is 3.04. The van der Waals surface area contributed by atoms with E-state index in [2.05, 4.69) is 47.7 Å². The van der Waals surface area contributed by atoms with Crippen molar-refractivity contribution >= 4 is 0 Å². The van der Waals surface area contributed by atoms with Gasteiger partial charge in [0, 0.05) is 45.0 Å². The summed E-state index contributed by atoms with van der Waals surface area (Å²) in [5.74, 6) is 1.88. The van der Waals surface area contributed by atoms with Crippen molar-refractivity contribution in [3.05, 3.63) is 18.2 Å². The van der Waals surface area contributed by atoms with E-state index in [1.807, 2.05) is 19.4 Å². The van der Waals surface area contributed by atoms with Gasteiger partial charge in [-0.05, 0) is 26.4 Å². The molecular weight excluding hydrogens is 224 g/mol. The van der Waals surface area contributed by atoms with Crippen LogP contribution >= 0.6 is 0 Å². The summed E-state index contributed by atoms with van der Waals surface area (Å²) in [6.45, 7) is 6.65. The number of imidazole rings is 1. The lowest BCUT2D eigenvalue weighted by molar-refractivity contribution is 0.306. The van der Waals surface area contributed by atoms with Crippen LogP contribution in [-0.4, -0.2) is 47.7 Å². The van der Waals surface area contributed by atoms with Gasteiger partial charge in [-0.3, -0.25) is 0 Å². The van der Waals surface area contributed by atoms with E-state index in [1.54, 1.807) is 0 Å². The molecule has 0 saturated carbocycles. The Morgan fingerprint density at radius 3 is 2.61 bits per heavy atom. The van der Waals surface area contributed by atoms with Crippen LogP contribution < -0.4 is 5.32 Å². The van der Waals surface area contributed by atoms with Crippen molar-refractivity contribution in [2.75, 3.05) is 27.2 Å². The number of likely N-dealkylation sites (N-methyl/N-ethyl adjacent to an activating group) is 1. The first-order valence-electron chi connectivity index (χ1n) is 6.83. The van der Waals surface area contributed by atoms with Crippen LogP contribution in [0.4, 0.5) is 0 Å². The van der Waals surface area contributed by atoms with E-state index in [1.165, 1.54) is 6.42 Å². The smallest absolute Gasteiger partial charge is 0.109 e. The molecule has 0 aromatic carbocycles. The lowest BCUT2D eigenvalue weighted by Gasteiger charge is -2.24. The molecular formula is C14H28N4. The van der Waals surface area contributed by atoms with E-state index in [0.29, 0.717) is 6.04 Å². The Balaban J connectivity index is 2.34. The zero-order valence-electron chi connectivity index (χ0n) is 12.5. The fourth-order valence-corrected chi connectivity index (χ4v) is 2.26. The molecule has 0 radical (unpaired) electrons. The summed E-state index contributed by atoms with van der Waals surface area (Å²) in [6, 6.07) is 0.570. The summed E-state index contributed by atoms with van der Waals surface area (Å²) >= 11 is 0. The topological polar surface area (TPSA) is 33.1 Å². The highest BCUT2D eigenvalue weighted by Gasteiger charge is 2.11. The molecule has 0 aliphatic heterocycles. The highest BCUT2D eigenvalue weighted by molar-refractivity contribution is 4.91. The third-order valence-corrected chi connectivity index (χ3v) is 3.04. The zero-order chi connectivity index (χ0) is 13.5. The van der Waals surface area contributed by atoms with Gasteiger partial charge in [0.25, 0.3) is 0 Å². The van der Waals surface area contributed by atoms with Crippen molar-refractivity contribution in [1.82, 2.24) is 19.8 Å². The minimum atomic E-state index is 0.570. The van der Waals surface area contributed by atoms with E-state index < -0.39 is 0 Å². The molecule has 0 fully saturated rings. The average Bonchev–Trinajstić information content (AvgIpc) is 2.62. The molecule has 0 saturated heterocycles. The summed E-state index contributed by atoms with van der Waals surface area (Å²) in [6.07, 6.45) is 6.08. The first-order chi connectivity index (χ1) is 8.49. The van der Waals surface area contributed by atoms with Crippen LogP contribution in [0.15, 0.2) is 12.4 Å². The van der Waals surface area contributed by atoms with Gasteiger partial charge in [0.15, 0.2) is 0 Å². The molecule has 0 aliphatic carbocycles. The predicted octanol–water partition coefficient (Wildman–Crippen LogP) is 1.53. The maximum atomic E-state index is 4.35. The molecule has 0 spiro atoms. The first-order valence-corrected chi connectivity index (χ1v) is 6.83. The maximum Gasteiger partial charge on any atom is 0.109 e. The van der Waals surface area contributed by atoms with Crippen LogP contribution in [-0.2, 0) is 13.5 Å². The molecule has 4 nitrogen and oxygen atoms in total. The number of aryl methyl sites for hydroxylation is 1. The zero-order valence-corrected chi connectivity index (χ0v) is 12.5. The molecule has 1 rings (SSSR count). The molecule has 18 heavy (non-hydrogen) atoms. The Hall–Kier alpha value is -0.870. The number of nitrogens with one attached hydrogen (secondary N) is 1. The Morgan fingerprint density at radius 1 is 1.39 bits per heavy atom. The van der Waals surface area contributed by atoms with Crippen LogP contribution in [0.1, 0.15) is 26.1 Å². The van der Waals surface area contributed by atoms with Gasteiger partial charge >= 0.3 is 0 Å². The highest BCUT2D eigenvalue weighted by atomic mass is 15.1. The average molecular weight is 252 g/mol. The molecule has 1 N–H and O–H groups in total. The molecule has 0 amide bonds. The number of hydrogen-bond donors (Lipinski definition) is 1. The van der Waals surface area contributed by atoms with Crippen LogP contribution in [0.5, 0.6) is 0 Å². The van der Waals surface area contributed by atoms with E-state index >= 15 is 0 Å². The van der Waals surface area contributed by atoms with Crippen molar-refractivity contribution in [2.24, 2.45) is 13.0 Å². The van der Waals surface area contributed by atoms with Gasteiger partial charge in [-0.25, -0.2) is 4.98 Å². The van der Waals surface area contributed by atoms with Crippen molar-refractivity contribution < 1.29 is 0 Å². The van der Waals surface area contributed by atoms with Gasteiger partial charge in [0.2, 0.25) is 0 Å². The SMILES string of the molecule is CC(C)CC(CN(C)C)NCCc1nccn1C. The highest BCUT2D eigenvalue weighted by Crippen LogP contribution is 2.05. The lowest BCUT2D eigenvalue weighted by Crippen LogP contribution is -2.40. The standard InChI is InChI=1S/C14H28N4/c1-12(2)10-13(11-17(3)4)15-7-6-14-16-8-9-18(14)5/h8-9,12-13,15H,6-7,10-11H2,1-5H3. The first kappa shape index (κ1) is 15.2. The Kier molecular flexibility index (Phi) is 6.36. The molecule has 1 aromatic rings. The van der Waals surface area contributed by atoms with Gasteiger partial charge in [0.1, 0.15) is 5.82 Å². The molecule has 0 bridgehead atoms. The molecule has 0 aliphatic rings. The maximum absolute atomic E-state index is 4.35. The van der Waals surface area contributed by atoms with E-state index in [0.717, 1.165) is 31.3 Å². The number of hydrogen-bond acceptors (Lipinski definition) is 3. The monoisotopic (exact) mass is 252 g/mol. The molecule has 1 unspecified atom stereocenters. The van der Waals surface area contributed by atoms with E-state index in [-0.39, 0.29) is 0 Å². The van der Waals surface area contributed by atoms with Crippen LogP contribution in [0, 0.1) is 5.92 Å². The molecule has 1 aromatic heterocycles. The lowest BCUT2D eigenvalue weighted by atomic mass is 10.0. The summed E-state index contributed by atoms with van der Waals surface area (Å²) in [4.78, 5) is 6.60. The van der Waals surface area contributed by atoms with E-state index in [9.17, 15) is 0 Å². The van der Waals surface area contributed by atoms with E-state index in [4.69, 9.17) is 0 Å². The molecule has 1 atom stereocenters. The molecule has 1 heterocycles. The summed E-state index contributed by atoms with van der Waals surface area (Å²) < 4.78 is 2.09. The fraction of sp³-hybridized carbons (Fsp3) is 0.786. The number of nitrogens with zero attached hydrogens (tertiary/aromatic N) is 3. The summed E-state index contributed by atoms with van der Waals surface area (Å²) in [7, 11) is 6.31. The van der Waals surface area contributed by atoms with Crippen LogP contribution in [0.25, 0.3) is 0 Å². The third kappa shape index (κ3) is 5.65. The second kappa shape index (κ2) is 7.54. The van der Waals surface area contributed by atoms with Crippen molar-refractivity contribution in [3.8, 4) is 0 Å². The van der Waals surface area contributed by atoms with Gasteiger partial charge < -0.3 is 14.8 Å². The van der Waals surface area contributed by atoms with Crippen molar-refractivity contribution in [2.45, 2.75) is 32.7 Å². The Morgan fingerprint density at radius 2 is 2.11 bits per heavy atom. The molecule has 104 valence electrons. The normalized spacial score (nSPS) is 13.5. The molecule has 4 heteroatoms. The van der Waals surface area contributed by atoms with Gasteiger partial charge in [-0.2, -0.15) is 0 Å². The van der Waals surface area contributed by atoms with Gasteiger partial charge in [-0.15, -0.1) is 0 Å². The predicted molar refractivity (Wildman–Crippen MR) is 76.7 cm³/mol. The Bertz CT molecular complexity index is 320. The second-order valence-corrected chi connectivity index (χ2v) is 5.75. The summed E-state index contributed by atoms with van der Waals surface area (Å²) in [5.41, 5.74) is 0.